The van der Waals surface area contributed by atoms with Gasteiger partial charge in [-0.1, -0.05) is 57.2 Å². The van der Waals surface area contributed by atoms with E-state index in [1.807, 2.05) is 50.4 Å². The van der Waals surface area contributed by atoms with Gasteiger partial charge < -0.3 is 31.5 Å². The monoisotopic (exact) mass is 778 g/mol. The smallest absolute Gasteiger partial charge is 0.271 e. The first-order valence-corrected chi connectivity index (χ1v) is 20.3. The van der Waals surface area contributed by atoms with E-state index >= 15 is 0 Å². The molecule has 1 aliphatic rings. The summed E-state index contributed by atoms with van der Waals surface area (Å²) in [5, 5.41) is 16.3. The third kappa shape index (κ3) is 12.4. The van der Waals surface area contributed by atoms with Gasteiger partial charge in [-0.3, -0.25) is 33.8 Å². The van der Waals surface area contributed by atoms with Crippen molar-refractivity contribution in [2.24, 2.45) is 5.92 Å². The van der Waals surface area contributed by atoms with Gasteiger partial charge in [-0.25, -0.2) is 4.98 Å². The molecule has 14 nitrogen and oxygen atoms in total. The normalized spacial score (nSPS) is 22.3. The van der Waals surface area contributed by atoms with Crippen molar-refractivity contribution in [2.45, 2.75) is 83.6 Å². The molecule has 0 aliphatic carbocycles. The zero-order valence-electron chi connectivity index (χ0n) is 31.3. The van der Waals surface area contributed by atoms with E-state index in [4.69, 9.17) is 0 Å². The molecule has 2 bridgehead atoms. The molecule has 54 heavy (non-hydrogen) atoms. The second kappa shape index (κ2) is 20.6. The third-order valence-corrected chi connectivity index (χ3v) is 10.5. The first-order chi connectivity index (χ1) is 25.9. The number of nitrogens with one attached hydrogen (secondary N) is 5. The van der Waals surface area contributed by atoms with Crippen LogP contribution in [-0.2, 0) is 36.8 Å². The number of fused-ring (bicyclic) bond motifs is 2. The Morgan fingerprint density at radius 1 is 0.926 bits per heavy atom. The molecule has 16 heteroatoms. The number of nitrogens with zero attached hydrogens (tertiary/aromatic N) is 3. The molecule has 1 aromatic carbocycles. The van der Waals surface area contributed by atoms with E-state index in [9.17, 15) is 28.8 Å². The van der Waals surface area contributed by atoms with Crippen LogP contribution in [0.3, 0.4) is 0 Å². The lowest BCUT2D eigenvalue weighted by Gasteiger charge is -2.31. The highest BCUT2D eigenvalue weighted by Gasteiger charge is 2.31. The zero-order valence-corrected chi connectivity index (χ0v) is 32.9. The molecular weight excluding hydrogens is 729 g/mol. The molecule has 290 valence electrons. The fourth-order valence-electron chi connectivity index (χ4n) is 5.87. The van der Waals surface area contributed by atoms with Gasteiger partial charge in [0.25, 0.3) is 5.91 Å². The Kier molecular flexibility index (Phi) is 16.0. The molecular formula is C38H50N8O6S2. The van der Waals surface area contributed by atoms with Gasteiger partial charge in [0.2, 0.25) is 29.5 Å². The number of thiazole rings is 1. The fraction of sp³-hybridized carbons (Fsp3) is 0.474. The van der Waals surface area contributed by atoms with Gasteiger partial charge >= 0.3 is 0 Å². The minimum Gasteiger partial charge on any atom is -0.349 e. The van der Waals surface area contributed by atoms with Crippen LogP contribution in [0.5, 0.6) is 0 Å². The Balaban J connectivity index is 1.74. The lowest BCUT2D eigenvalue weighted by molar-refractivity contribution is -0.137. The van der Waals surface area contributed by atoms with Gasteiger partial charge in [0.1, 0.15) is 28.8 Å². The van der Waals surface area contributed by atoms with Gasteiger partial charge in [-0.05, 0) is 61.3 Å². The molecule has 6 amide bonds. The highest BCUT2D eigenvalue weighted by Crippen LogP contribution is 2.25. The van der Waals surface area contributed by atoms with Crippen LogP contribution in [0, 0.1) is 5.92 Å². The van der Waals surface area contributed by atoms with Crippen LogP contribution in [0.25, 0.3) is 0 Å². The average molecular weight is 779 g/mol. The summed E-state index contributed by atoms with van der Waals surface area (Å²) >= 11 is 2.70. The second-order valence-electron chi connectivity index (χ2n) is 13.6. The Hall–Kier alpha value is -4.83. The van der Waals surface area contributed by atoms with E-state index < -0.39 is 59.7 Å². The molecule has 5 N–H and O–H groups in total. The second-order valence-corrected chi connectivity index (χ2v) is 15.5. The van der Waals surface area contributed by atoms with Crippen molar-refractivity contribution in [2.75, 3.05) is 25.1 Å². The van der Waals surface area contributed by atoms with Crippen molar-refractivity contribution in [3.05, 3.63) is 82.1 Å². The Bertz CT molecular complexity index is 1740. The molecule has 0 radical (unpaired) electrons. The SMILES string of the molecule is CC[C@@H]1NC(=O)[C@@H](C)NC(=O)c2csc(n2)[C@H](C(C)C)NC(=O)CN(C(=O)Cc2cccnc2)C[C@H](Cc2ccccc2)NC(=O)[C@H](CCSC)NC1=O. The number of rotatable bonds is 9. The van der Waals surface area contributed by atoms with E-state index in [1.165, 1.54) is 34.9 Å². The van der Waals surface area contributed by atoms with Gasteiger partial charge in [0.15, 0.2) is 0 Å². The number of hydrogen-bond donors (Lipinski definition) is 5. The number of amides is 6. The highest BCUT2D eigenvalue weighted by molar-refractivity contribution is 7.98. The maximum Gasteiger partial charge on any atom is 0.271 e. The molecule has 0 spiro atoms. The van der Waals surface area contributed by atoms with Gasteiger partial charge in [0.05, 0.1) is 25.0 Å². The first kappa shape index (κ1) is 41.9. The van der Waals surface area contributed by atoms with Crippen LogP contribution in [-0.4, -0.2) is 99.6 Å². The number of carbonyl (C=O) groups is 6. The maximum absolute atomic E-state index is 14.1. The largest absolute Gasteiger partial charge is 0.349 e. The zero-order chi connectivity index (χ0) is 39.2. The molecule has 0 fully saturated rings. The van der Waals surface area contributed by atoms with E-state index in [0.29, 0.717) is 29.2 Å². The number of hydrogen-bond acceptors (Lipinski definition) is 10. The Morgan fingerprint density at radius 2 is 1.63 bits per heavy atom. The standard InChI is InChI=1S/C38H50N8O6S2/c1-6-28-35(50)43-29(14-16-53-5)36(51)41-27(17-25-11-8-7-9-12-25)20-46(32(48)18-26-13-10-15-39-19-26)21-31(47)45-33(23(2)3)38-44-30(22-54-38)37(52)40-24(4)34(49)42-28/h7-13,15,19,22-24,27-29,33H,6,14,16-18,20-21H2,1-5H3,(H,40,52)(H,41,51)(H,42,49)(H,43,50)(H,45,47)/t24-,27+,28+,29+,33+/m1/s1. The van der Waals surface area contributed by atoms with E-state index in [-0.39, 0.29) is 43.5 Å². The predicted octanol–water partition coefficient (Wildman–Crippen LogP) is 2.41. The first-order valence-electron chi connectivity index (χ1n) is 18.0. The lowest BCUT2D eigenvalue weighted by Crippen LogP contribution is -2.58. The van der Waals surface area contributed by atoms with Crippen molar-refractivity contribution < 1.29 is 28.8 Å². The number of pyridine rings is 1. The minimum atomic E-state index is -1.01. The Labute approximate surface area is 324 Å². The minimum absolute atomic E-state index is 0.0181. The molecule has 5 atom stereocenters. The fourth-order valence-corrected chi connectivity index (χ4v) is 7.37. The molecule has 0 unspecified atom stereocenters. The van der Waals surface area contributed by atoms with Gasteiger partial charge in [-0.15, -0.1) is 11.3 Å². The summed E-state index contributed by atoms with van der Waals surface area (Å²) in [5.74, 6) is -2.57. The van der Waals surface area contributed by atoms with Crippen LogP contribution < -0.4 is 26.6 Å². The van der Waals surface area contributed by atoms with Gasteiger partial charge in [-0.2, -0.15) is 11.8 Å². The molecule has 1 aliphatic heterocycles. The predicted molar refractivity (Wildman–Crippen MR) is 209 cm³/mol. The lowest BCUT2D eigenvalue weighted by atomic mass is 10.0. The number of benzene rings is 1. The summed E-state index contributed by atoms with van der Waals surface area (Å²) in [6.45, 7) is 6.71. The van der Waals surface area contributed by atoms with Crippen molar-refractivity contribution >= 4 is 58.5 Å². The molecule has 0 saturated heterocycles. The van der Waals surface area contributed by atoms with E-state index in [0.717, 1.165) is 5.56 Å². The average Bonchev–Trinajstić information content (AvgIpc) is 3.64. The summed E-state index contributed by atoms with van der Waals surface area (Å²) in [4.78, 5) is 91.9. The summed E-state index contributed by atoms with van der Waals surface area (Å²) < 4.78 is 0. The topological polar surface area (TPSA) is 192 Å². The maximum atomic E-state index is 14.1. The highest BCUT2D eigenvalue weighted by atomic mass is 32.2. The summed E-state index contributed by atoms with van der Waals surface area (Å²) in [6, 6.07) is 8.78. The molecule has 0 saturated carbocycles. The molecule has 3 aromatic rings. The number of carbonyl (C=O) groups excluding carboxylic acids is 6. The van der Waals surface area contributed by atoms with Crippen molar-refractivity contribution in [1.82, 2.24) is 41.5 Å². The van der Waals surface area contributed by atoms with Crippen LogP contribution >= 0.6 is 23.1 Å². The summed E-state index contributed by atoms with van der Waals surface area (Å²) in [7, 11) is 0. The van der Waals surface area contributed by atoms with Crippen LogP contribution in [0.15, 0.2) is 60.2 Å². The number of aromatic nitrogens is 2. The molecule has 4 rings (SSSR count). The van der Waals surface area contributed by atoms with Crippen LogP contribution in [0.4, 0.5) is 0 Å². The number of thioether (sulfide) groups is 1. The molecule has 3 heterocycles. The van der Waals surface area contributed by atoms with Crippen LogP contribution in [0.2, 0.25) is 0 Å². The van der Waals surface area contributed by atoms with Gasteiger partial charge in [0, 0.05) is 24.3 Å². The summed E-state index contributed by atoms with van der Waals surface area (Å²) in [5.41, 5.74) is 1.63. The van der Waals surface area contributed by atoms with E-state index in [1.54, 1.807) is 36.8 Å². The van der Waals surface area contributed by atoms with Crippen molar-refractivity contribution in [3.63, 3.8) is 0 Å². The third-order valence-electron chi connectivity index (χ3n) is 8.91. The van der Waals surface area contributed by atoms with Crippen molar-refractivity contribution in [3.8, 4) is 0 Å². The summed E-state index contributed by atoms with van der Waals surface area (Å²) in [6.07, 6.45) is 5.92. The Morgan fingerprint density at radius 3 is 2.30 bits per heavy atom. The van der Waals surface area contributed by atoms with Crippen LogP contribution in [0.1, 0.15) is 73.2 Å². The van der Waals surface area contributed by atoms with Crippen molar-refractivity contribution in [1.29, 1.82) is 0 Å². The quantitative estimate of drug-likeness (QED) is 0.217. The molecule has 2 aromatic heterocycles. The van der Waals surface area contributed by atoms with E-state index in [2.05, 4.69) is 36.6 Å².